The summed E-state index contributed by atoms with van der Waals surface area (Å²) in [6.07, 6.45) is 0.174. The molecule has 2 aromatic rings. The predicted molar refractivity (Wildman–Crippen MR) is 93.2 cm³/mol. The molecule has 3 nitrogen and oxygen atoms in total. The fourth-order valence-corrected chi connectivity index (χ4v) is 2.73. The minimum absolute atomic E-state index is 0.0785. The first-order valence-corrected chi connectivity index (χ1v) is 8.13. The predicted octanol–water partition coefficient (Wildman–Crippen LogP) is 3.34. The topological polar surface area (TPSA) is 49.3 Å². The Hall–Kier alpha value is -2.13. The van der Waals surface area contributed by atoms with Crippen LogP contribution in [0, 0.1) is 5.92 Å². The zero-order chi connectivity index (χ0) is 16.7. The molecule has 0 spiro atoms. The molecule has 2 N–H and O–H groups in total. The van der Waals surface area contributed by atoms with Gasteiger partial charge in [-0.15, -0.1) is 0 Å². The standard InChI is InChI=1S/C20H25NO2/c1-15(2)13-18(22)14-21-20(23)19(16-9-5-3-6-10-16)17-11-7-4-8-12-17/h3-12,15,18-19,22H,13-14H2,1-2H3,(H,21,23). The first kappa shape index (κ1) is 17.2. The number of amides is 1. The highest BCUT2D eigenvalue weighted by Gasteiger charge is 2.22. The maximum atomic E-state index is 12.7. The molecule has 0 heterocycles. The largest absolute Gasteiger partial charge is 0.391 e. The van der Waals surface area contributed by atoms with Gasteiger partial charge in [-0.2, -0.15) is 0 Å². The molecule has 0 bridgehead atoms. The third kappa shape index (κ3) is 5.22. The van der Waals surface area contributed by atoms with Crippen LogP contribution in [-0.2, 0) is 4.79 Å². The average Bonchev–Trinajstić information content (AvgIpc) is 2.55. The van der Waals surface area contributed by atoms with Crippen molar-refractivity contribution < 1.29 is 9.90 Å². The maximum absolute atomic E-state index is 12.7. The van der Waals surface area contributed by atoms with Crippen molar-refractivity contribution in [2.24, 2.45) is 5.92 Å². The van der Waals surface area contributed by atoms with E-state index in [1.165, 1.54) is 0 Å². The third-order valence-corrected chi connectivity index (χ3v) is 3.78. The van der Waals surface area contributed by atoms with Crippen LogP contribution in [0.1, 0.15) is 37.3 Å². The van der Waals surface area contributed by atoms with Crippen molar-refractivity contribution in [1.82, 2.24) is 5.32 Å². The molecule has 0 aliphatic rings. The molecule has 1 amide bonds. The van der Waals surface area contributed by atoms with E-state index < -0.39 is 6.10 Å². The lowest BCUT2D eigenvalue weighted by molar-refractivity contribution is -0.122. The normalized spacial score (nSPS) is 12.4. The van der Waals surface area contributed by atoms with Gasteiger partial charge < -0.3 is 10.4 Å². The highest BCUT2D eigenvalue weighted by molar-refractivity contribution is 5.87. The van der Waals surface area contributed by atoms with E-state index in [-0.39, 0.29) is 18.4 Å². The second-order valence-corrected chi connectivity index (χ2v) is 6.28. The summed E-state index contributed by atoms with van der Waals surface area (Å²) in [5, 5.41) is 12.9. The minimum atomic E-state index is -0.508. The number of rotatable bonds is 7. The second kappa shape index (κ2) is 8.49. The third-order valence-electron chi connectivity index (χ3n) is 3.78. The number of nitrogens with one attached hydrogen (secondary N) is 1. The van der Waals surface area contributed by atoms with Crippen molar-refractivity contribution in [2.75, 3.05) is 6.54 Å². The molecule has 1 unspecified atom stereocenters. The molecule has 2 aromatic carbocycles. The Morgan fingerprint density at radius 3 is 1.87 bits per heavy atom. The van der Waals surface area contributed by atoms with Crippen LogP contribution < -0.4 is 5.32 Å². The molecule has 0 aliphatic carbocycles. The van der Waals surface area contributed by atoms with E-state index in [1.54, 1.807) is 0 Å². The molecule has 0 aromatic heterocycles. The van der Waals surface area contributed by atoms with E-state index in [2.05, 4.69) is 19.2 Å². The number of hydrogen-bond donors (Lipinski definition) is 2. The van der Waals surface area contributed by atoms with Crippen LogP contribution in [0.2, 0.25) is 0 Å². The van der Waals surface area contributed by atoms with Crippen molar-refractivity contribution >= 4 is 5.91 Å². The fourth-order valence-electron chi connectivity index (χ4n) is 2.73. The zero-order valence-electron chi connectivity index (χ0n) is 13.8. The van der Waals surface area contributed by atoms with Gasteiger partial charge in [-0.3, -0.25) is 4.79 Å². The maximum Gasteiger partial charge on any atom is 0.232 e. The number of carbonyl (C=O) groups excluding carboxylic acids is 1. The van der Waals surface area contributed by atoms with E-state index in [0.29, 0.717) is 12.3 Å². The van der Waals surface area contributed by atoms with E-state index in [9.17, 15) is 9.90 Å². The molecule has 0 saturated carbocycles. The van der Waals surface area contributed by atoms with Gasteiger partial charge in [-0.1, -0.05) is 74.5 Å². The summed E-state index contributed by atoms with van der Waals surface area (Å²) >= 11 is 0. The van der Waals surface area contributed by atoms with Crippen LogP contribution in [0.15, 0.2) is 60.7 Å². The highest BCUT2D eigenvalue weighted by Crippen LogP contribution is 2.24. The zero-order valence-corrected chi connectivity index (χ0v) is 13.8. The van der Waals surface area contributed by atoms with E-state index >= 15 is 0 Å². The summed E-state index contributed by atoms with van der Waals surface area (Å²) in [4.78, 5) is 12.7. The van der Waals surface area contributed by atoms with Crippen LogP contribution in [0.25, 0.3) is 0 Å². The number of aliphatic hydroxyl groups is 1. The van der Waals surface area contributed by atoms with Gasteiger partial charge in [0.05, 0.1) is 12.0 Å². The number of hydrogen-bond acceptors (Lipinski definition) is 2. The molecule has 0 radical (unpaired) electrons. The van der Waals surface area contributed by atoms with Crippen LogP contribution in [-0.4, -0.2) is 23.7 Å². The van der Waals surface area contributed by atoms with Gasteiger partial charge in [-0.25, -0.2) is 0 Å². The van der Waals surface area contributed by atoms with E-state index in [4.69, 9.17) is 0 Å². The quantitative estimate of drug-likeness (QED) is 0.824. The Morgan fingerprint density at radius 1 is 0.957 bits per heavy atom. The van der Waals surface area contributed by atoms with Gasteiger partial charge in [0.25, 0.3) is 0 Å². The van der Waals surface area contributed by atoms with Gasteiger partial charge in [0.15, 0.2) is 0 Å². The summed E-state index contributed by atoms with van der Waals surface area (Å²) in [6, 6.07) is 19.5. The van der Waals surface area contributed by atoms with Crippen LogP contribution >= 0.6 is 0 Å². The molecule has 1 atom stereocenters. The second-order valence-electron chi connectivity index (χ2n) is 6.28. The Kier molecular flexibility index (Phi) is 6.36. The number of benzene rings is 2. The van der Waals surface area contributed by atoms with Gasteiger partial charge in [0, 0.05) is 6.54 Å². The molecule has 3 heteroatoms. The van der Waals surface area contributed by atoms with Crippen LogP contribution in [0.4, 0.5) is 0 Å². The van der Waals surface area contributed by atoms with Gasteiger partial charge >= 0.3 is 0 Å². The van der Waals surface area contributed by atoms with Crippen LogP contribution in [0.3, 0.4) is 0 Å². The van der Waals surface area contributed by atoms with E-state index in [1.807, 2.05) is 60.7 Å². The Labute approximate surface area is 138 Å². The Bertz CT molecular complexity index is 556. The smallest absolute Gasteiger partial charge is 0.232 e. The first-order valence-electron chi connectivity index (χ1n) is 8.13. The molecule has 2 rings (SSSR count). The Morgan fingerprint density at radius 2 is 1.43 bits per heavy atom. The SMILES string of the molecule is CC(C)CC(O)CNC(=O)C(c1ccccc1)c1ccccc1. The van der Waals surface area contributed by atoms with Gasteiger partial charge in [-0.05, 0) is 23.5 Å². The molecular formula is C20H25NO2. The van der Waals surface area contributed by atoms with Crippen molar-refractivity contribution in [3.05, 3.63) is 71.8 Å². The van der Waals surface area contributed by atoms with Gasteiger partial charge in [0.1, 0.15) is 0 Å². The monoisotopic (exact) mass is 311 g/mol. The van der Waals surface area contributed by atoms with Crippen molar-refractivity contribution in [3.63, 3.8) is 0 Å². The summed E-state index contributed by atoms with van der Waals surface area (Å²) in [7, 11) is 0. The molecular weight excluding hydrogens is 286 g/mol. The van der Waals surface area contributed by atoms with E-state index in [0.717, 1.165) is 11.1 Å². The molecule has 122 valence electrons. The summed E-state index contributed by atoms with van der Waals surface area (Å²) in [5.41, 5.74) is 1.91. The Balaban J connectivity index is 2.13. The fraction of sp³-hybridized carbons (Fsp3) is 0.350. The molecule has 0 saturated heterocycles. The van der Waals surface area contributed by atoms with Crippen molar-refractivity contribution in [2.45, 2.75) is 32.3 Å². The summed E-state index contributed by atoms with van der Waals surface area (Å²) < 4.78 is 0. The number of aliphatic hydroxyl groups excluding tert-OH is 1. The minimum Gasteiger partial charge on any atom is -0.391 e. The molecule has 23 heavy (non-hydrogen) atoms. The van der Waals surface area contributed by atoms with Crippen LogP contribution in [0.5, 0.6) is 0 Å². The summed E-state index contributed by atoms with van der Waals surface area (Å²) in [5.74, 6) is -0.0326. The average molecular weight is 311 g/mol. The lowest BCUT2D eigenvalue weighted by Crippen LogP contribution is -2.36. The first-order chi connectivity index (χ1) is 11.1. The summed E-state index contributed by atoms with van der Waals surface area (Å²) in [6.45, 7) is 4.40. The van der Waals surface area contributed by atoms with Gasteiger partial charge in [0.2, 0.25) is 5.91 Å². The lowest BCUT2D eigenvalue weighted by Gasteiger charge is -2.20. The molecule has 0 fully saturated rings. The van der Waals surface area contributed by atoms with Crippen molar-refractivity contribution in [3.8, 4) is 0 Å². The lowest BCUT2D eigenvalue weighted by atomic mass is 9.90. The number of carbonyl (C=O) groups is 1. The van der Waals surface area contributed by atoms with Crippen molar-refractivity contribution in [1.29, 1.82) is 0 Å². The highest BCUT2D eigenvalue weighted by atomic mass is 16.3. The molecule has 0 aliphatic heterocycles.